The number of rotatable bonds is 7. The van der Waals surface area contributed by atoms with Crippen molar-refractivity contribution in [2.24, 2.45) is 0 Å². The molecule has 2 aliphatic heterocycles. The predicted molar refractivity (Wildman–Crippen MR) is 76.1 cm³/mol. The van der Waals surface area contributed by atoms with Gasteiger partial charge in [-0.1, -0.05) is 0 Å². The fourth-order valence-electron chi connectivity index (χ4n) is 3.53. The first kappa shape index (κ1) is 14.8. The van der Waals surface area contributed by atoms with Gasteiger partial charge in [0.25, 0.3) is 0 Å². The molecular formula is C15H28N2O2. The van der Waals surface area contributed by atoms with Crippen LogP contribution in [0.25, 0.3) is 0 Å². The highest BCUT2D eigenvalue weighted by molar-refractivity contribution is 5.76. The Balaban J connectivity index is 1.80. The van der Waals surface area contributed by atoms with E-state index in [1.807, 2.05) is 6.92 Å². The van der Waals surface area contributed by atoms with Gasteiger partial charge in [-0.2, -0.15) is 0 Å². The molecule has 1 N–H and O–H groups in total. The number of fused-ring (bicyclic) bond motifs is 2. The molecule has 2 aliphatic rings. The lowest BCUT2D eigenvalue weighted by Crippen LogP contribution is -2.50. The highest BCUT2D eigenvalue weighted by Crippen LogP contribution is 2.30. The molecule has 1 amide bonds. The van der Waals surface area contributed by atoms with Gasteiger partial charge in [0.05, 0.1) is 0 Å². The molecule has 2 rings (SSSR count). The molecule has 2 fully saturated rings. The molecular weight excluding hydrogens is 240 g/mol. The number of nitrogens with one attached hydrogen (secondary N) is 1. The van der Waals surface area contributed by atoms with Crippen molar-refractivity contribution in [1.82, 2.24) is 10.2 Å². The van der Waals surface area contributed by atoms with E-state index in [1.165, 1.54) is 12.8 Å². The van der Waals surface area contributed by atoms with E-state index in [0.29, 0.717) is 37.1 Å². The van der Waals surface area contributed by atoms with E-state index in [0.717, 1.165) is 32.4 Å². The predicted octanol–water partition coefficient (Wildman–Crippen LogP) is 1.93. The van der Waals surface area contributed by atoms with Gasteiger partial charge in [-0.15, -0.1) is 0 Å². The van der Waals surface area contributed by atoms with Crippen molar-refractivity contribution in [3.05, 3.63) is 0 Å². The summed E-state index contributed by atoms with van der Waals surface area (Å²) in [5, 5.41) is 3.64. The normalized spacial score (nSPS) is 29.5. The number of piperidine rings is 1. The Labute approximate surface area is 116 Å². The van der Waals surface area contributed by atoms with E-state index in [-0.39, 0.29) is 0 Å². The number of amides is 1. The topological polar surface area (TPSA) is 41.6 Å². The minimum atomic E-state index is 0.313. The third kappa shape index (κ3) is 3.93. The standard InChI is InChI=1S/C15H28N2O2/c1-3-17(15(18)6-5-9-19-4-2)14-10-12-7-8-13(11-14)16-12/h12-14,16H,3-11H2,1-2H3. The van der Waals surface area contributed by atoms with E-state index in [4.69, 9.17) is 4.74 Å². The summed E-state index contributed by atoms with van der Waals surface area (Å²) in [6.45, 7) is 6.38. The number of hydrogen-bond donors (Lipinski definition) is 1. The average molecular weight is 268 g/mol. The van der Waals surface area contributed by atoms with Gasteiger partial charge in [-0.3, -0.25) is 4.79 Å². The lowest BCUT2D eigenvalue weighted by molar-refractivity contribution is -0.134. The van der Waals surface area contributed by atoms with Crippen molar-refractivity contribution in [2.45, 2.75) is 70.5 Å². The molecule has 0 spiro atoms. The van der Waals surface area contributed by atoms with Crippen LogP contribution < -0.4 is 5.32 Å². The molecule has 2 unspecified atom stereocenters. The van der Waals surface area contributed by atoms with Crippen molar-refractivity contribution in [2.75, 3.05) is 19.8 Å². The quantitative estimate of drug-likeness (QED) is 0.717. The summed E-state index contributed by atoms with van der Waals surface area (Å²) in [7, 11) is 0. The second-order valence-corrected chi connectivity index (χ2v) is 5.74. The molecule has 19 heavy (non-hydrogen) atoms. The van der Waals surface area contributed by atoms with Crippen LogP contribution in [0, 0.1) is 0 Å². The minimum Gasteiger partial charge on any atom is -0.382 e. The highest BCUT2D eigenvalue weighted by Gasteiger charge is 2.36. The summed E-state index contributed by atoms with van der Waals surface area (Å²) in [6, 6.07) is 1.76. The van der Waals surface area contributed by atoms with Gasteiger partial charge in [0.2, 0.25) is 5.91 Å². The monoisotopic (exact) mass is 268 g/mol. The van der Waals surface area contributed by atoms with E-state index >= 15 is 0 Å². The highest BCUT2D eigenvalue weighted by atomic mass is 16.5. The number of carbonyl (C=O) groups excluding carboxylic acids is 1. The van der Waals surface area contributed by atoms with Crippen LogP contribution in [0.2, 0.25) is 0 Å². The van der Waals surface area contributed by atoms with Crippen molar-refractivity contribution in [1.29, 1.82) is 0 Å². The molecule has 2 saturated heterocycles. The Morgan fingerprint density at radius 2 is 1.95 bits per heavy atom. The van der Waals surface area contributed by atoms with Crippen LogP contribution in [-0.2, 0) is 9.53 Å². The van der Waals surface area contributed by atoms with Crippen LogP contribution in [0.5, 0.6) is 0 Å². The van der Waals surface area contributed by atoms with Gasteiger partial charge in [0.1, 0.15) is 0 Å². The Bertz CT molecular complexity index is 284. The molecule has 110 valence electrons. The van der Waals surface area contributed by atoms with Crippen molar-refractivity contribution in [3.8, 4) is 0 Å². The zero-order chi connectivity index (χ0) is 13.7. The molecule has 4 nitrogen and oxygen atoms in total. The van der Waals surface area contributed by atoms with Gasteiger partial charge in [0, 0.05) is 44.3 Å². The Hall–Kier alpha value is -0.610. The summed E-state index contributed by atoms with van der Waals surface area (Å²) in [5.41, 5.74) is 0. The molecule has 0 aromatic carbocycles. The fraction of sp³-hybridized carbons (Fsp3) is 0.933. The van der Waals surface area contributed by atoms with Crippen LogP contribution in [0.1, 0.15) is 52.4 Å². The number of nitrogens with zero attached hydrogens (tertiary/aromatic N) is 1. The largest absolute Gasteiger partial charge is 0.382 e. The van der Waals surface area contributed by atoms with Crippen LogP contribution in [0.4, 0.5) is 0 Å². The van der Waals surface area contributed by atoms with E-state index in [9.17, 15) is 4.79 Å². The van der Waals surface area contributed by atoms with Crippen molar-refractivity contribution >= 4 is 5.91 Å². The van der Waals surface area contributed by atoms with E-state index < -0.39 is 0 Å². The van der Waals surface area contributed by atoms with E-state index in [1.54, 1.807) is 0 Å². The van der Waals surface area contributed by atoms with Gasteiger partial charge in [-0.05, 0) is 46.0 Å². The second kappa shape index (κ2) is 7.25. The van der Waals surface area contributed by atoms with Crippen LogP contribution in [0.3, 0.4) is 0 Å². The van der Waals surface area contributed by atoms with Gasteiger partial charge in [0.15, 0.2) is 0 Å². The SMILES string of the molecule is CCOCCCC(=O)N(CC)C1CC2CCC(C1)N2. The Kier molecular flexibility index (Phi) is 5.64. The lowest BCUT2D eigenvalue weighted by atomic mass is 9.97. The zero-order valence-corrected chi connectivity index (χ0v) is 12.4. The molecule has 0 saturated carbocycles. The first-order valence-electron chi connectivity index (χ1n) is 7.87. The maximum atomic E-state index is 12.3. The number of hydrogen-bond acceptors (Lipinski definition) is 3. The van der Waals surface area contributed by atoms with Gasteiger partial charge < -0.3 is 15.0 Å². The molecule has 0 radical (unpaired) electrons. The van der Waals surface area contributed by atoms with Crippen molar-refractivity contribution < 1.29 is 9.53 Å². The summed E-state index contributed by atoms with van der Waals surface area (Å²) in [5.74, 6) is 0.313. The smallest absolute Gasteiger partial charge is 0.222 e. The molecule has 0 aromatic rings. The lowest BCUT2D eigenvalue weighted by Gasteiger charge is -2.37. The summed E-state index contributed by atoms with van der Waals surface area (Å²) < 4.78 is 5.31. The minimum absolute atomic E-state index is 0.313. The summed E-state index contributed by atoms with van der Waals surface area (Å²) in [6.07, 6.45) is 6.34. The first-order chi connectivity index (χ1) is 9.24. The van der Waals surface area contributed by atoms with Crippen LogP contribution in [-0.4, -0.2) is 48.7 Å². The maximum absolute atomic E-state index is 12.3. The summed E-state index contributed by atoms with van der Waals surface area (Å²) in [4.78, 5) is 14.4. The Morgan fingerprint density at radius 3 is 2.53 bits per heavy atom. The van der Waals surface area contributed by atoms with Gasteiger partial charge in [-0.25, -0.2) is 0 Å². The average Bonchev–Trinajstić information content (AvgIpc) is 2.75. The molecule has 2 bridgehead atoms. The first-order valence-corrected chi connectivity index (χ1v) is 7.87. The van der Waals surface area contributed by atoms with E-state index in [2.05, 4.69) is 17.1 Å². The molecule has 0 aromatic heterocycles. The van der Waals surface area contributed by atoms with Crippen LogP contribution in [0.15, 0.2) is 0 Å². The Morgan fingerprint density at radius 1 is 1.26 bits per heavy atom. The van der Waals surface area contributed by atoms with Crippen LogP contribution >= 0.6 is 0 Å². The van der Waals surface area contributed by atoms with Gasteiger partial charge >= 0.3 is 0 Å². The molecule has 4 heteroatoms. The zero-order valence-electron chi connectivity index (χ0n) is 12.4. The summed E-state index contributed by atoms with van der Waals surface area (Å²) >= 11 is 0. The third-order valence-electron chi connectivity index (χ3n) is 4.43. The third-order valence-corrected chi connectivity index (χ3v) is 4.43. The molecule has 0 aliphatic carbocycles. The fourth-order valence-corrected chi connectivity index (χ4v) is 3.53. The van der Waals surface area contributed by atoms with Crippen molar-refractivity contribution in [3.63, 3.8) is 0 Å². The number of ether oxygens (including phenoxy) is 1. The second-order valence-electron chi connectivity index (χ2n) is 5.74. The maximum Gasteiger partial charge on any atom is 0.222 e. The molecule has 2 atom stereocenters. The number of carbonyl (C=O) groups is 1. The molecule has 2 heterocycles.